The van der Waals surface area contributed by atoms with Crippen molar-refractivity contribution in [3.8, 4) is 0 Å². The van der Waals surface area contributed by atoms with Gasteiger partial charge in [0.1, 0.15) is 0 Å². The van der Waals surface area contributed by atoms with Crippen molar-refractivity contribution in [1.29, 1.82) is 0 Å². The third kappa shape index (κ3) is 3.18. The molecule has 0 heteroatoms. The van der Waals surface area contributed by atoms with Crippen molar-refractivity contribution in [3.63, 3.8) is 0 Å². The Morgan fingerprint density at radius 2 is 1.00 bits per heavy atom. The van der Waals surface area contributed by atoms with Gasteiger partial charge in [0.2, 0.25) is 0 Å². The molecule has 0 fully saturated rings. The minimum absolute atomic E-state index is 0.295. The van der Waals surface area contributed by atoms with Crippen LogP contribution in [0.25, 0.3) is 0 Å². The molecule has 0 aromatic carbocycles. The summed E-state index contributed by atoms with van der Waals surface area (Å²) < 4.78 is 0. The Morgan fingerprint density at radius 1 is 0.615 bits per heavy atom. The lowest BCUT2D eigenvalue weighted by molar-refractivity contribution is 0.138. The van der Waals surface area contributed by atoms with E-state index in [-0.39, 0.29) is 0 Å². The summed E-state index contributed by atoms with van der Waals surface area (Å²) >= 11 is 0. The Morgan fingerprint density at radius 3 is 1.38 bits per heavy atom. The van der Waals surface area contributed by atoms with Gasteiger partial charge in [0.05, 0.1) is 0 Å². The molecule has 0 aliphatic heterocycles. The van der Waals surface area contributed by atoms with Gasteiger partial charge in [-0.2, -0.15) is 0 Å². The molecule has 0 atom stereocenters. The molecule has 0 unspecified atom stereocenters. The van der Waals surface area contributed by atoms with Crippen molar-refractivity contribution in [2.45, 2.75) is 26.2 Å². The summed E-state index contributed by atoms with van der Waals surface area (Å²) in [6.45, 7) is 2.39. The quantitative estimate of drug-likeness (QED) is 0.458. The van der Waals surface area contributed by atoms with Crippen molar-refractivity contribution in [3.05, 3.63) is 97.2 Å². The molecule has 0 nitrogen and oxygen atoms in total. The second kappa shape index (κ2) is 7.66. The highest BCUT2D eigenvalue weighted by atomic mass is 14.5. The fourth-order valence-corrected chi connectivity index (χ4v) is 5.38. The van der Waals surface area contributed by atoms with Crippen molar-refractivity contribution >= 4 is 0 Å². The van der Waals surface area contributed by atoms with E-state index in [1.54, 1.807) is 0 Å². The van der Waals surface area contributed by atoms with Gasteiger partial charge >= 0.3 is 0 Å². The van der Waals surface area contributed by atoms with E-state index < -0.39 is 0 Å². The molecule has 0 aromatic rings. The van der Waals surface area contributed by atoms with Crippen LogP contribution in [0.5, 0.6) is 0 Å². The van der Waals surface area contributed by atoms with E-state index in [0.29, 0.717) is 35.0 Å². The van der Waals surface area contributed by atoms with E-state index in [1.165, 1.54) is 19.3 Å². The summed E-state index contributed by atoms with van der Waals surface area (Å²) in [5.74, 6) is 2.91. The lowest BCUT2D eigenvalue weighted by Crippen LogP contribution is -2.35. The fourth-order valence-electron chi connectivity index (χ4n) is 5.38. The predicted molar refractivity (Wildman–Crippen MR) is 113 cm³/mol. The predicted octanol–water partition coefficient (Wildman–Crippen LogP) is 6.75. The zero-order valence-electron chi connectivity index (χ0n) is 15.7. The summed E-state index contributed by atoms with van der Waals surface area (Å²) in [6, 6.07) is 0. The lowest BCUT2D eigenvalue weighted by Gasteiger charge is -2.43. The average molecular weight is 343 g/mol. The van der Waals surface area contributed by atoms with Crippen LogP contribution in [0.15, 0.2) is 97.2 Å². The first kappa shape index (κ1) is 17.3. The van der Waals surface area contributed by atoms with Crippen LogP contribution in [-0.2, 0) is 0 Å². The smallest absolute Gasteiger partial charge is 0.00178 e. The van der Waals surface area contributed by atoms with Gasteiger partial charge in [-0.3, -0.25) is 0 Å². The Hall–Kier alpha value is -2.08. The van der Waals surface area contributed by atoms with Crippen LogP contribution >= 0.6 is 0 Å². The van der Waals surface area contributed by atoms with Gasteiger partial charge in [-0.1, -0.05) is 104 Å². The number of hydrogen-bond donors (Lipinski definition) is 0. The van der Waals surface area contributed by atoms with Crippen LogP contribution in [0.1, 0.15) is 26.2 Å². The van der Waals surface area contributed by atoms with Crippen molar-refractivity contribution < 1.29 is 0 Å². The highest BCUT2D eigenvalue weighted by molar-refractivity contribution is 5.29. The molecule has 4 aliphatic rings. The molecule has 0 aromatic heterocycles. The van der Waals surface area contributed by atoms with Gasteiger partial charge < -0.3 is 0 Å². The minimum Gasteiger partial charge on any atom is -0.0773 e. The zero-order valence-corrected chi connectivity index (χ0v) is 15.7. The molecule has 4 rings (SSSR count). The summed E-state index contributed by atoms with van der Waals surface area (Å²) in [5, 5.41) is 0. The lowest BCUT2D eigenvalue weighted by atomic mass is 9.61. The molecule has 0 bridgehead atoms. The average Bonchev–Trinajstić information content (AvgIpc) is 3.46. The largest absolute Gasteiger partial charge is 0.0773 e. The first-order chi connectivity index (χ1) is 12.8. The minimum atomic E-state index is 0.295. The molecule has 0 saturated carbocycles. The number of rotatable bonds is 8. The molecular weight excluding hydrogens is 312 g/mol. The molecule has 0 radical (unpaired) electrons. The molecule has 0 saturated heterocycles. The second-order valence-corrected chi connectivity index (χ2v) is 8.07. The first-order valence-electron chi connectivity index (χ1n) is 10.2. The molecule has 0 spiro atoms. The van der Waals surface area contributed by atoms with Crippen LogP contribution in [0.4, 0.5) is 0 Å². The summed E-state index contributed by atoms with van der Waals surface area (Å²) in [4.78, 5) is 0. The molecule has 0 amide bonds. The third-order valence-electron chi connectivity index (χ3n) is 6.97. The van der Waals surface area contributed by atoms with E-state index >= 15 is 0 Å². The standard InChI is InChI=1S/C26H30/c1-2-26(23-15-7-8-16-23,24-17-9-10-18-24)20-19-25(21-11-3-4-12-21)22-13-5-6-14-22/h3-18,21-25H,2,19-20H2,1H3. The van der Waals surface area contributed by atoms with Gasteiger partial charge in [-0.25, -0.2) is 0 Å². The molecular formula is C26H30. The molecule has 26 heavy (non-hydrogen) atoms. The maximum absolute atomic E-state index is 2.42. The highest BCUT2D eigenvalue weighted by Crippen LogP contribution is 2.50. The van der Waals surface area contributed by atoms with Gasteiger partial charge in [-0.15, -0.1) is 0 Å². The van der Waals surface area contributed by atoms with Crippen LogP contribution in [0.3, 0.4) is 0 Å². The van der Waals surface area contributed by atoms with Gasteiger partial charge in [0.15, 0.2) is 0 Å². The van der Waals surface area contributed by atoms with Crippen LogP contribution in [0, 0.1) is 35.0 Å². The van der Waals surface area contributed by atoms with Crippen LogP contribution < -0.4 is 0 Å². The molecule has 134 valence electrons. The Bertz CT molecular complexity index is 630. The maximum atomic E-state index is 2.42. The molecule has 4 aliphatic carbocycles. The van der Waals surface area contributed by atoms with E-state index in [9.17, 15) is 0 Å². The summed E-state index contributed by atoms with van der Waals surface area (Å²) in [7, 11) is 0. The molecule has 0 heterocycles. The summed E-state index contributed by atoms with van der Waals surface area (Å²) in [5.41, 5.74) is 0.295. The van der Waals surface area contributed by atoms with Gasteiger partial charge in [0.25, 0.3) is 0 Å². The van der Waals surface area contributed by atoms with Crippen LogP contribution in [0.2, 0.25) is 0 Å². The third-order valence-corrected chi connectivity index (χ3v) is 6.97. The zero-order chi connectivity index (χ0) is 17.8. The van der Waals surface area contributed by atoms with E-state index in [4.69, 9.17) is 0 Å². The topological polar surface area (TPSA) is 0 Å². The Kier molecular flexibility index (Phi) is 5.11. The fraction of sp³-hybridized carbons (Fsp3) is 0.385. The van der Waals surface area contributed by atoms with Crippen molar-refractivity contribution in [1.82, 2.24) is 0 Å². The second-order valence-electron chi connectivity index (χ2n) is 8.07. The Labute approximate surface area is 158 Å². The first-order valence-corrected chi connectivity index (χ1v) is 10.2. The normalized spacial score (nSPS) is 22.5. The number of allylic oxidation sites excluding steroid dienone is 16. The van der Waals surface area contributed by atoms with E-state index in [1.807, 2.05) is 0 Å². The van der Waals surface area contributed by atoms with Gasteiger partial charge in [0, 0.05) is 11.8 Å². The van der Waals surface area contributed by atoms with Gasteiger partial charge in [-0.05, 0) is 42.4 Å². The SMILES string of the molecule is CCC(CCC(C1C=CC=C1)C1C=CC=C1)(C1C=CC=C1)C1C=CC=C1. The highest BCUT2D eigenvalue weighted by Gasteiger charge is 2.42. The summed E-state index contributed by atoms with van der Waals surface area (Å²) in [6.07, 6.45) is 40.8. The maximum Gasteiger partial charge on any atom is 0.00178 e. The Balaban J connectivity index is 1.58. The van der Waals surface area contributed by atoms with E-state index in [0.717, 1.165) is 0 Å². The van der Waals surface area contributed by atoms with Crippen molar-refractivity contribution in [2.24, 2.45) is 35.0 Å². The van der Waals surface area contributed by atoms with Crippen molar-refractivity contribution in [2.75, 3.05) is 0 Å². The van der Waals surface area contributed by atoms with Crippen LogP contribution in [-0.4, -0.2) is 0 Å². The monoisotopic (exact) mass is 342 g/mol. The van der Waals surface area contributed by atoms with E-state index in [2.05, 4.69) is 104 Å². The molecule has 0 N–H and O–H groups in total. The number of hydrogen-bond acceptors (Lipinski definition) is 0.